The maximum atomic E-state index is 12.4. The number of carbonyl (C=O) groups is 1. The maximum absolute atomic E-state index is 12.4. The Morgan fingerprint density at radius 2 is 1.19 bits per heavy atom. The zero-order chi connectivity index (χ0) is 23.0. The number of esters is 1. The summed E-state index contributed by atoms with van der Waals surface area (Å²) in [5.41, 5.74) is 0.470. The van der Waals surface area contributed by atoms with Crippen LogP contribution in [-0.4, -0.2) is 41.7 Å². The summed E-state index contributed by atoms with van der Waals surface area (Å²) in [5, 5.41) is 0. The first kappa shape index (κ1) is 25.9. The molecule has 0 fully saturated rings. The summed E-state index contributed by atoms with van der Waals surface area (Å²) in [5.74, 6) is 1.55. The summed E-state index contributed by atoms with van der Waals surface area (Å²) in [6.07, 6.45) is 3.83. The molecule has 0 bridgehead atoms. The van der Waals surface area contributed by atoms with Gasteiger partial charge in [-0.15, -0.1) is 0 Å². The second-order valence-electron chi connectivity index (χ2n) is 7.40. The lowest BCUT2D eigenvalue weighted by atomic mass is 10.2. The van der Waals surface area contributed by atoms with E-state index >= 15 is 0 Å². The van der Waals surface area contributed by atoms with Gasteiger partial charge in [0.2, 0.25) is 0 Å². The SMILES string of the molecule is CCCOc1ccc(OC(=O)c2ccc(OCCC[SiH](OCCC)OCCC)cc2)cc1. The molecule has 0 amide bonds. The van der Waals surface area contributed by atoms with Gasteiger partial charge >= 0.3 is 15.3 Å². The summed E-state index contributed by atoms with van der Waals surface area (Å²) in [6, 6.07) is 15.0. The quantitative estimate of drug-likeness (QED) is 0.142. The van der Waals surface area contributed by atoms with Crippen molar-refractivity contribution in [2.75, 3.05) is 26.4 Å². The molecule has 0 unspecified atom stereocenters. The molecule has 176 valence electrons. The highest BCUT2D eigenvalue weighted by molar-refractivity contribution is 6.44. The van der Waals surface area contributed by atoms with Crippen molar-refractivity contribution in [1.29, 1.82) is 0 Å². The smallest absolute Gasteiger partial charge is 0.343 e. The van der Waals surface area contributed by atoms with Gasteiger partial charge in [-0.25, -0.2) is 4.79 Å². The zero-order valence-electron chi connectivity index (χ0n) is 19.5. The lowest BCUT2D eigenvalue weighted by molar-refractivity contribution is 0.0734. The van der Waals surface area contributed by atoms with Gasteiger partial charge in [-0.1, -0.05) is 20.8 Å². The van der Waals surface area contributed by atoms with Crippen molar-refractivity contribution in [3.8, 4) is 17.2 Å². The molecular formula is C25H36O6Si. The Morgan fingerprint density at radius 3 is 1.75 bits per heavy atom. The third-order valence-corrected chi connectivity index (χ3v) is 6.56. The van der Waals surface area contributed by atoms with Gasteiger partial charge in [0.1, 0.15) is 17.2 Å². The van der Waals surface area contributed by atoms with Crippen LogP contribution in [0, 0.1) is 0 Å². The Bertz CT molecular complexity index is 755. The summed E-state index contributed by atoms with van der Waals surface area (Å²) in [6.45, 7) is 9.03. The fourth-order valence-electron chi connectivity index (χ4n) is 2.83. The normalized spacial score (nSPS) is 10.9. The van der Waals surface area contributed by atoms with E-state index < -0.39 is 15.3 Å². The van der Waals surface area contributed by atoms with Crippen molar-refractivity contribution >= 4 is 15.3 Å². The Labute approximate surface area is 193 Å². The van der Waals surface area contributed by atoms with Gasteiger partial charge in [0.15, 0.2) is 0 Å². The van der Waals surface area contributed by atoms with E-state index in [2.05, 4.69) is 20.8 Å². The molecule has 0 radical (unpaired) electrons. The lowest BCUT2D eigenvalue weighted by Gasteiger charge is -2.16. The Hall–Kier alpha value is -2.35. The highest BCUT2D eigenvalue weighted by Crippen LogP contribution is 2.20. The number of hydrogen-bond acceptors (Lipinski definition) is 6. The van der Waals surface area contributed by atoms with Crippen LogP contribution in [0.5, 0.6) is 17.2 Å². The van der Waals surface area contributed by atoms with E-state index in [1.165, 1.54) is 0 Å². The molecule has 0 aliphatic rings. The van der Waals surface area contributed by atoms with Gasteiger partial charge in [0.25, 0.3) is 0 Å². The molecule has 0 saturated carbocycles. The van der Waals surface area contributed by atoms with Crippen LogP contribution in [0.3, 0.4) is 0 Å². The minimum absolute atomic E-state index is 0.409. The minimum Gasteiger partial charge on any atom is -0.494 e. The Morgan fingerprint density at radius 1 is 0.688 bits per heavy atom. The van der Waals surface area contributed by atoms with Crippen LogP contribution in [0.4, 0.5) is 0 Å². The van der Waals surface area contributed by atoms with Crippen molar-refractivity contribution in [2.45, 2.75) is 52.5 Å². The Kier molecular flexibility index (Phi) is 12.5. The molecule has 2 aromatic rings. The minimum atomic E-state index is -1.61. The van der Waals surface area contributed by atoms with E-state index in [9.17, 15) is 4.79 Å². The number of carbonyl (C=O) groups excluding carboxylic acids is 1. The molecule has 0 saturated heterocycles. The van der Waals surface area contributed by atoms with Gasteiger partial charge in [0, 0.05) is 13.2 Å². The second kappa shape index (κ2) is 15.4. The number of benzene rings is 2. The molecule has 0 aliphatic carbocycles. The van der Waals surface area contributed by atoms with Gasteiger partial charge in [-0.3, -0.25) is 0 Å². The molecule has 2 aromatic carbocycles. The molecule has 0 aromatic heterocycles. The van der Waals surface area contributed by atoms with Crippen molar-refractivity contribution in [3.63, 3.8) is 0 Å². The van der Waals surface area contributed by atoms with Crippen LogP contribution in [0.15, 0.2) is 48.5 Å². The van der Waals surface area contributed by atoms with Crippen molar-refractivity contribution in [2.24, 2.45) is 0 Å². The average molecular weight is 461 g/mol. The lowest BCUT2D eigenvalue weighted by Crippen LogP contribution is -2.24. The van der Waals surface area contributed by atoms with Crippen LogP contribution in [0.25, 0.3) is 0 Å². The molecule has 0 atom stereocenters. The van der Waals surface area contributed by atoms with Crippen molar-refractivity contribution in [3.05, 3.63) is 54.1 Å². The number of rotatable bonds is 16. The first-order valence-corrected chi connectivity index (χ1v) is 13.3. The fourth-order valence-corrected chi connectivity index (χ4v) is 4.76. The third kappa shape index (κ3) is 9.85. The van der Waals surface area contributed by atoms with E-state index in [1.807, 2.05) is 0 Å². The summed E-state index contributed by atoms with van der Waals surface area (Å²) < 4.78 is 28.5. The number of hydrogen-bond donors (Lipinski definition) is 0. The molecule has 0 aliphatic heterocycles. The third-order valence-electron chi connectivity index (χ3n) is 4.47. The van der Waals surface area contributed by atoms with Gasteiger partial charge in [-0.05, 0) is 80.3 Å². The first-order valence-electron chi connectivity index (χ1n) is 11.6. The predicted octanol–water partition coefficient (Wildman–Crippen LogP) is 5.54. The molecule has 0 spiro atoms. The van der Waals surface area contributed by atoms with Crippen LogP contribution < -0.4 is 14.2 Å². The zero-order valence-corrected chi connectivity index (χ0v) is 20.7. The Balaban J connectivity index is 1.75. The molecule has 0 N–H and O–H groups in total. The average Bonchev–Trinajstić information content (AvgIpc) is 2.82. The summed E-state index contributed by atoms with van der Waals surface area (Å²) >= 11 is 0. The number of ether oxygens (including phenoxy) is 3. The van der Waals surface area contributed by atoms with E-state index in [0.717, 1.165) is 56.4 Å². The second-order valence-corrected chi connectivity index (χ2v) is 9.50. The topological polar surface area (TPSA) is 63.2 Å². The molecule has 32 heavy (non-hydrogen) atoms. The fraction of sp³-hybridized carbons (Fsp3) is 0.480. The maximum Gasteiger partial charge on any atom is 0.343 e. The van der Waals surface area contributed by atoms with Crippen LogP contribution >= 0.6 is 0 Å². The van der Waals surface area contributed by atoms with E-state index in [4.69, 9.17) is 23.1 Å². The van der Waals surface area contributed by atoms with Crippen LogP contribution in [-0.2, 0) is 8.85 Å². The largest absolute Gasteiger partial charge is 0.494 e. The standard InChI is InChI=1S/C25H36O6Si/c1-4-16-27-23-12-14-24(15-13-23)31-25(26)21-8-10-22(11-9-21)28-19-7-20-32(29-17-5-2)30-18-6-3/h8-15,32H,4-7,16-20H2,1-3H3. The molecular weight excluding hydrogens is 424 g/mol. The molecule has 7 heteroatoms. The van der Waals surface area contributed by atoms with Crippen LogP contribution in [0.2, 0.25) is 6.04 Å². The van der Waals surface area contributed by atoms with E-state index in [0.29, 0.717) is 24.5 Å². The summed E-state index contributed by atoms with van der Waals surface area (Å²) in [4.78, 5) is 12.4. The molecule has 0 heterocycles. The molecule has 2 rings (SSSR count). The van der Waals surface area contributed by atoms with Crippen molar-refractivity contribution < 1.29 is 27.9 Å². The highest BCUT2D eigenvalue weighted by atomic mass is 28.3. The predicted molar refractivity (Wildman–Crippen MR) is 128 cm³/mol. The van der Waals surface area contributed by atoms with Crippen LogP contribution in [0.1, 0.15) is 56.8 Å². The first-order chi connectivity index (χ1) is 15.7. The van der Waals surface area contributed by atoms with Gasteiger partial charge in [-0.2, -0.15) is 0 Å². The highest BCUT2D eigenvalue weighted by Gasteiger charge is 2.13. The van der Waals surface area contributed by atoms with E-state index in [-0.39, 0.29) is 0 Å². The van der Waals surface area contributed by atoms with E-state index in [1.54, 1.807) is 48.5 Å². The van der Waals surface area contributed by atoms with Gasteiger partial charge in [0.05, 0.1) is 18.8 Å². The van der Waals surface area contributed by atoms with Crippen molar-refractivity contribution in [1.82, 2.24) is 0 Å². The summed E-state index contributed by atoms with van der Waals surface area (Å²) in [7, 11) is -1.61. The van der Waals surface area contributed by atoms with Gasteiger partial charge < -0.3 is 23.1 Å². The monoisotopic (exact) mass is 460 g/mol. The molecule has 6 nitrogen and oxygen atoms in total.